The van der Waals surface area contributed by atoms with Gasteiger partial charge in [-0.1, -0.05) is 6.92 Å². The predicted molar refractivity (Wildman–Crippen MR) is 141 cm³/mol. The summed E-state index contributed by atoms with van der Waals surface area (Å²) in [5, 5.41) is 6.40. The fourth-order valence-corrected chi connectivity index (χ4v) is 3.14. The fraction of sp³-hybridized carbons (Fsp3) is 0.214. The van der Waals surface area contributed by atoms with Crippen molar-refractivity contribution in [3.63, 3.8) is 0 Å². The first-order valence-corrected chi connectivity index (χ1v) is 11.8. The number of benzene rings is 3. The topological polar surface area (TPSA) is 125 Å². The molecule has 0 saturated carbocycles. The fourth-order valence-electron chi connectivity index (χ4n) is 3.14. The Labute approximate surface area is 220 Å². The zero-order chi connectivity index (χ0) is 27.3. The van der Waals surface area contributed by atoms with E-state index < -0.39 is 17.8 Å². The maximum Gasteiger partial charge on any atom is 0.343 e. The molecule has 0 aliphatic rings. The van der Waals surface area contributed by atoms with Gasteiger partial charge < -0.3 is 24.3 Å². The standard InChI is InChI=1S/C28H29N3O7/c1-4-15-37-23-12-8-21(9-13-23)28(34)38-24-14-5-19(16-25(24)36-3)17-30-31-26(32)18-29-27(33)20-6-10-22(35-2)11-7-20/h5-14,16-17H,4,15,18H2,1-3H3,(H,29,33)(H,31,32)/b30-17+. The van der Waals surface area contributed by atoms with Gasteiger partial charge in [0.2, 0.25) is 0 Å². The Bertz CT molecular complexity index is 1270. The van der Waals surface area contributed by atoms with Crippen molar-refractivity contribution in [1.82, 2.24) is 10.7 Å². The van der Waals surface area contributed by atoms with Crippen molar-refractivity contribution in [3.8, 4) is 23.0 Å². The molecule has 198 valence electrons. The average Bonchev–Trinajstić information content (AvgIpc) is 2.95. The number of ether oxygens (including phenoxy) is 4. The molecule has 0 aliphatic carbocycles. The molecule has 0 radical (unpaired) electrons. The van der Waals surface area contributed by atoms with Crippen LogP contribution in [0.4, 0.5) is 0 Å². The molecule has 3 rings (SSSR count). The van der Waals surface area contributed by atoms with Crippen LogP contribution in [0, 0.1) is 0 Å². The Balaban J connectivity index is 1.51. The van der Waals surface area contributed by atoms with Crippen molar-refractivity contribution >= 4 is 24.0 Å². The highest BCUT2D eigenvalue weighted by Crippen LogP contribution is 2.28. The van der Waals surface area contributed by atoms with Crippen molar-refractivity contribution in [2.24, 2.45) is 5.10 Å². The van der Waals surface area contributed by atoms with E-state index >= 15 is 0 Å². The van der Waals surface area contributed by atoms with Crippen molar-refractivity contribution in [1.29, 1.82) is 0 Å². The summed E-state index contributed by atoms with van der Waals surface area (Å²) in [4.78, 5) is 36.7. The minimum atomic E-state index is -0.546. The summed E-state index contributed by atoms with van der Waals surface area (Å²) in [6.07, 6.45) is 2.28. The van der Waals surface area contributed by atoms with E-state index in [9.17, 15) is 14.4 Å². The largest absolute Gasteiger partial charge is 0.497 e. The van der Waals surface area contributed by atoms with E-state index in [2.05, 4.69) is 15.8 Å². The molecule has 3 aromatic rings. The lowest BCUT2D eigenvalue weighted by Gasteiger charge is -2.10. The second-order valence-electron chi connectivity index (χ2n) is 7.88. The minimum absolute atomic E-state index is 0.228. The number of carbonyl (C=O) groups is 3. The van der Waals surface area contributed by atoms with Crippen molar-refractivity contribution in [2.75, 3.05) is 27.4 Å². The Morgan fingerprint density at radius 3 is 2.18 bits per heavy atom. The maximum absolute atomic E-state index is 12.5. The molecule has 0 unspecified atom stereocenters. The van der Waals surface area contributed by atoms with Gasteiger partial charge in [0.1, 0.15) is 11.5 Å². The molecule has 10 heteroatoms. The lowest BCUT2D eigenvalue weighted by molar-refractivity contribution is -0.120. The monoisotopic (exact) mass is 519 g/mol. The molecule has 0 heterocycles. The van der Waals surface area contributed by atoms with E-state index in [0.29, 0.717) is 40.5 Å². The molecular weight excluding hydrogens is 490 g/mol. The molecule has 2 N–H and O–H groups in total. The van der Waals surface area contributed by atoms with Crippen molar-refractivity contribution in [3.05, 3.63) is 83.4 Å². The van der Waals surface area contributed by atoms with Crippen LogP contribution in [-0.2, 0) is 4.79 Å². The predicted octanol–water partition coefficient (Wildman–Crippen LogP) is 3.59. The Morgan fingerprint density at radius 2 is 1.53 bits per heavy atom. The molecule has 0 fully saturated rings. The van der Waals surface area contributed by atoms with Gasteiger partial charge in [-0.25, -0.2) is 10.2 Å². The van der Waals surface area contributed by atoms with Gasteiger partial charge >= 0.3 is 5.97 Å². The number of nitrogens with zero attached hydrogens (tertiary/aromatic N) is 1. The van der Waals surface area contributed by atoms with Crippen LogP contribution in [0.5, 0.6) is 23.0 Å². The molecule has 0 aliphatic heterocycles. The zero-order valence-corrected chi connectivity index (χ0v) is 21.4. The smallest absolute Gasteiger partial charge is 0.343 e. The SMILES string of the molecule is CCCOc1ccc(C(=O)Oc2ccc(/C=N/NC(=O)CNC(=O)c3ccc(OC)cc3)cc2OC)cc1. The number of methoxy groups -OCH3 is 2. The van der Waals surface area contributed by atoms with E-state index in [4.69, 9.17) is 18.9 Å². The number of carbonyl (C=O) groups excluding carboxylic acids is 3. The summed E-state index contributed by atoms with van der Waals surface area (Å²) in [6.45, 7) is 2.35. The number of rotatable bonds is 12. The van der Waals surface area contributed by atoms with Gasteiger partial charge in [0.05, 0.1) is 39.1 Å². The first-order chi connectivity index (χ1) is 18.4. The summed E-state index contributed by atoms with van der Waals surface area (Å²) >= 11 is 0. The van der Waals surface area contributed by atoms with Gasteiger partial charge in [-0.2, -0.15) is 5.10 Å². The number of amides is 2. The highest BCUT2D eigenvalue weighted by molar-refractivity contribution is 5.96. The molecule has 10 nitrogen and oxygen atoms in total. The summed E-state index contributed by atoms with van der Waals surface area (Å²) in [7, 11) is 2.98. The third-order valence-electron chi connectivity index (χ3n) is 5.12. The van der Waals surface area contributed by atoms with E-state index in [0.717, 1.165) is 6.42 Å². The van der Waals surface area contributed by atoms with Crippen LogP contribution in [0.3, 0.4) is 0 Å². The zero-order valence-electron chi connectivity index (χ0n) is 21.4. The van der Waals surface area contributed by atoms with Gasteiger partial charge in [-0.3, -0.25) is 9.59 Å². The average molecular weight is 520 g/mol. The van der Waals surface area contributed by atoms with E-state index in [1.807, 2.05) is 6.92 Å². The van der Waals surface area contributed by atoms with Gasteiger partial charge in [-0.05, 0) is 78.7 Å². The lowest BCUT2D eigenvalue weighted by Crippen LogP contribution is -2.34. The second kappa shape index (κ2) is 14.0. The van der Waals surface area contributed by atoms with Crippen molar-refractivity contribution in [2.45, 2.75) is 13.3 Å². The highest BCUT2D eigenvalue weighted by Gasteiger charge is 2.13. The summed E-state index contributed by atoms with van der Waals surface area (Å²) < 4.78 is 21.4. The molecule has 38 heavy (non-hydrogen) atoms. The number of hydrogen-bond donors (Lipinski definition) is 2. The Morgan fingerprint density at radius 1 is 0.842 bits per heavy atom. The summed E-state index contributed by atoms with van der Waals surface area (Å²) in [5.41, 5.74) is 3.68. The van der Waals surface area contributed by atoms with E-state index in [-0.39, 0.29) is 12.3 Å². The van der Waals surface area contributed by atoms with Crippen LogP contribution in [0.1, 0.15) is 39.6 Å². The minimum Gasteiger partial charge on any atom is -0.497 e. The van der Waals surface area contributed by atoms with Crippen LogP contribution in [0.15, 0.2) is 71.8 Å². The number of hydrogen-bond acceptors (Lipinski definition) is 8. The van der Waals surface area contributed by atoms with Crippen LogP contribution < -0.4 is 29.7 Å². The molecule has 0 aromatic heterocycles. The summed E-state index contributed by atoms with van der Waals surface area (Å²) in [6, 6.07) is 18.0. The van der Waals surface area contributed by atoms with E-state index in [1.54, 1.807) is 66.7 Å². The third kappa shape index (κ3) is 8.09. The third-order valence-corrected chi connectivity index (χ3v) is 5.12. The van der Waals surface area contributed by atoms with Gasteiger partial charge in [0.15, 0.2) is 11.5 Å². The number of esters is 1. The van der Waals surface area contributed by atoms with Crippen LogP contribution in [0.2, 0.25) is 0 Å². The van der Waals surface area contributed by atoms with Gasteiger partial charge in [0.25, 0.3) is 11.8 Å². The highest BCUT2D eigenvalue weighted by atomic mass is 16.6. The van der Waals surface area contributed by atoms with Gasteiger partial charge in [-0.15, -0.1) is 0 Å². The number of nitrogens with one attached hydrogen (secondary N) is 2. The van der Waals surface area contributed by atoms with Crippen LogP contribution in [0.25, 0.3) is 0 Å². The molecule has 0 saturated heterocycles. The Kier molecular flexibility index (Phi) is 10.2. The van der Waals surface area contributed by atoms with Crippen LogP contribution in [-0.4, -0.2) is 51.4 Å². The van der Waals surface area contributed by atoms with Crippen LogP contribution >= 0.6 is 0 Å². The van der Waals surface area contributed by atoms with Gasteiger partial charge in [0, 0.05) is 5.56 Å². The molecule has 2 amide bonds. The maximum atomic E-state index is 12.5. The molecule has 0 bridgehead atoms. The lowest BCUT2D eigenvalue weighted by atomic mass is 10.2. The molecule has 0 atom stereocenters. The van der Waals surface area contributed by atoms with E-state index in [1.165, 1.54) is 20.4 Å². The second-order valence-corrected chi connectivity index (χ2v) is 7.88. The molecule has 0 spiro atoms. The Hall–Kier alpha value is -4.86. The molecule has 3 aromatic carbocycles. The number of hydrazone groups is 1. The molecular formula is C28H29N3O7. The quantitative estimate of drug-likeness (QED) is 0.162. The summed E-state index contributed by atoms with van der Waals surface area (Å²) in [5.74, 6) is 0.384. The first kappa shape index (κ1) is 27.7. The normalized spacial score (nSPS) is 10.5. The first-order valence-electron chi connectivity index (χ1n) is 11.8. The van der Waals surface area contributed by atoms with Crippen molar-refractivity contribution < 1.29 is 33.3 Å².